The predicted octanol–water partition coefficient (Wildman–Crippen LogP) is 1.75. The third-order valence-electron chi connectivity index (χ3n) is 3.92. The molecule has 6 heteroatoms. The fourth-order valence-electron chi connectivity index (χ4n) is 2.45. The Labute approximate surface area is 122 Å². The summed E-state index contributed by atoms with van der Waals surface area (Å²) in [4.78, 5) is 23.6. The number of carboxylic acids is 1. The summed E-state index contributed by atoms with van der Waals surface area (Å²) < 4.78 is 18.2. The maximum Gasteiger partial charge on any atom is 0.311 e. The smallest absolute Gasteiger partial charge is 0.311 e. The maximum atomic E-state index is 13.0. The van der Waals surface area contributed by atoms with Crippen LogP contribution in [0.1, 0.15) is 28.8 Å². The number of ether oxygens (including phenoxy) is 1. The number of nitrogens with one attached hydrogen (secondary N) is 1. The van der Waals surface area contributed by atoms with E-state index in [2.05, 4.69) is 5.32 Å². The van der Waals surface area contributed by atoms with Crippen molar-refractivity contribution < 1.29 is 23.8 Å². The standard InChI is InChI=1S/C15H18FNO4/c1-10-8-11(16)2-3-12(10)13(18)17-9-15(14(19)20)4-6-21-7-5-15/h2-3,8H,4-7,9H2,1H3,(H,17,18)(H,19,20). The molecule has 0 unspecified atom stereocenters. The first kappa shape index (κ1) is 15.4. The van der Waals surface area contributed by atoms with Crippen LogP contribution >= 0.6 is 0 Å². The average molecular weight is 295 g/mol. The molecule has 0 aliphatic carbocycles. The van der Waals surface area contributed by atoms with Gasteiger partial charge in [-0.05, 0) is 43.5 Å². The van der Waals surface area contributed by atoms with E-state index < -0.39 is 17.2 Å². The molecule has 0 atom stereocenters. The minimum Gasteiger partial charge on any atom is -0.481 e. The number of amides is 1. The minimum absolute atomic E-state index is 0.0430. The Kier molecular flexibility index (Phi) is 4.57. The van der Waals surface area contributed by atoms with Crippen LogP contribution in [0, 0.1) is 18.2 Å². The number of aryl methyl sites for hydroxylation is 1. The molecular formula is C15H18FNO4. The third kappa shape index (κ3) is 3.39. The van der Waals surface area contributed by atoms with Gasteiger partial charge in [-0.2, -0.15) is 0 Å². The molecule has 1 saturated heterocycles. The normalized spacial score (nSPS) is 17.2. The highest BCUT2D eigenvalue weighted by atomic mass is 19.1. The number of hydrogen-bond donors (Lipinski definition) is 2. The highest BCUT2D eigenvalue weighted by molar-refractivity contribution is 5.95. The van der Waals surface area contributed by atoms with Crippen LogP contribution in [-0.2, 0) is 9.53 Å². The van der Waals surface area contributed by atoms with Gasteiger partial charge in [0.2, 0.25) is 0 Å². The first-order valence-corrected chi connectivity index (χ1v) is 6.80. The SMILES string of the molecule is Cc1cc(F)ccc1C(=O)NCC1(C(=O)O)CCOCC1. The summed E-state index contributed by atoms with van der Waals surface area (Å²) in [5.41, 5.74) is -0.116. The Bertz CT molecular complexity index is 553. The van der Waals surface area contributed by atoms with Crippen molar-refractivity contribution in [2.75, 3.05) is 19.8 Å². The molecule has 0 bridgehead atoms. The minimum atomic E-state index is -0.984. The fraction of sp³-hybridized carbons (Fsp3) is 0.467. The van der Waals surface area contributed by atoms with E-state index in [9.17, 15) is 19.1 Å². The summed E-state index contributed by atoms with van der Waals surface area (Å²) in [5, 5.41) is 12.1. The molecule has 21 heavy (non-hydrogen) atoms. The molecule has 1 aliphatic rings. The van der Waals surface area contributed by atoms with Gasteiger partial charge in [0.15, 0.2) is 0 Å². The van der Waals surface area contributed by atoms with Crippen LogP contribution in [0.3, 0.4) is 0 Å². The quantitative estimate of drug-likeness (QED) is 0.887. The molecule has 1 amide bonds. The summed E-state index contributed by atoms with van der Waals surface area (Å²) in [6.07, 6.45) is 0.732. The number of halogens is 1. The molecule has 1 heterocycles. The Hall–Kier alpha value is -1.95. The van der Waals surface area contributed by atoms with E-state index in [0.717, 1.165) is 0 Å². The summed E-state index contributed by atoms with van der Waals surface area (Å²) in [6.45, 7) is 2.43. The molecule has 1 aromatic carbocycles. The molecule has 2 N–H and O–H groups in total. The van der Waals surface area contributed by atoms with E-state index in [1.807, 2.05) is 0 Å². The second kappa shape index (κ2) is 6.22. The van der Waals surface area contributed by atoms with Crippen LogP contribution in [0.4, 0.5) is 4.39 Å². The van der Waals surface area contributed by atoms with Gasteiger partial charge in [-0.1, -0.05) is 0 Å². The molecule has 5 nitrogen and oxygen atoms in total. The molecule has 0 aromatic heterocycles. The number of aliphatic carboxylic acids is 1. The number of rotatable bonds is 4. The Balaban J connectivity index is 2.07. The topological polar surface area (TPSA) is 75.6 Å². The van der Waals surface area contributed by atoms with Crippen molar-refractivity contribution in [3.63, 3.8) is 0 Å². The third-order valence-corrected chi connectivity index (χ3v) is 3.92. The monoisotopic (exact) mass is 295 g/mol. The van der Waals surface area contributed by atoms with Gasteiger partial charge in [-0.15, -0.1) is 0 Å². The fourth-order valence-corrected chi connectivity index (χ4v) is 2.45. The van der Waals surface area contributed by atoms with E-state index in [4.69, 9.17) is 4.74 Å². The lowest BCUT2D eigenvalue weighted by atomic mass is 9.80. The van der Waals surface area contributed by atoms with Crippen molar-refractivity contribution in [1.82, 2.24) is 5.32 Å². The van der Waals surface area contributed by atoms with Gasteiger partial charge in [0.05, 0.1) is 5.41 Å². The van der Waals surface area contributed by atoms with Crippen molar-refractivity contribution in [2.45, 2.75) is 19.8 Å². The van der Waals surface area contributed by atoms with Crippen LogP contribution < -0.4 is 5.32 Å². The van der Waals surface area contributed by atoms with Gasteiger partial charge >= 0.3 is 5.97 Å². The summed E-state index contributed by atoms with van der Waals surface area (Å²) in [7, 11) is 0. The van der Waals surface area contributed by atoms with E-state index >= 15 is 0 Å². The zero-order chi connectivity index (χ0) is 15.5. The lowest BCUT2D eigenvalue weighted by Gasteiger charge is -2.33. The molecule has 2 rings (SSSR count). The largest absolute Gasteiger partial charge is 0.481 e. The maximum absolute atomic E-state index is 13.0. The Morgan fingerprint density at radius 1 is 1.38 bits per heavy atom. The van der Waals surface area contributed by atoms with Gasteiger partial charge < -0.3 is 15.2 Å². The van der Waals surface area contributed by atoms with Crippen molar-refractivity contribution in [3.05, 3.63) is 35.1 Å². The van der Waals surface area contributed by atoms with Crippen molar-refractivity contribution in [1.29, 1.82) is 0 Å². The Morgan fingerprint density at radius 2 is 2.05 bits per heavy atom. The van der Waals surface area contributed by atoms with Gasteiger partial charge in [0.25, 0.3) is 5.91 Å². The zero-order valence-corrected chi connectivity index (χ0v) is 11.8. The summed E-state index contributed by atoms with van der Waals surface area (Å²) >= 11 is 0. The zero-order valence-electron chi connectivity index (χ0n) is 11.8. The Morgan fingerprint density at radius 3 is 2.62 bits per heavy atom. The van der Waals surface area contributed by atoms with Crippen LogP contribution in [-0.4, -0.2) is 36.7 Å². The summed E-state index contributed by atoms with van der Waals surface area (Å²) in [5.74, 6) is -1.72. The molecule has 114 valence electrons. The van der Waals surface area contributed by atoms with Crippen LogP contribution in [0.2, 0.25) is 0 Å². The van der Waals surface area contributed by atoms with Gasteiger partial charge in [-0.25, -0.2) is 4.39 Å². The van der Waals surface area contributed by atoms with E-state index in [-0.39, 0.29) is 12.5 Å². The number of benzene rings is 1. The molecule has 1 fully saturated rings. The molecule has 0 spiro atoms. The predicted molar refractivity (Wildman–Crippen MR) is 73.6 cm³/mol. The van der Waals surface area contributed by atoms with Gasteiger partial charge in [0.1, 0.15) is 5.82 Å². The van der Waals surface area contributed by atoms with E-state index in [1.54, 1.807) is 6.92 Å². The summed E-state index contributed by atoms with van der Waals surface area (Å²) in [6, 6.07) is 3.89. The molecule has 1 aromatic rings. The van der Waals surface area contributed by atoms with Crippen LogP contribution in [0.5, 0.6) is 0 Å². The molecule has 1 aliphatic heterocycles. The number of hydrogen-bond acceptors (Lipinski definition) is 3. The van der Waals surface area contributed by atoms with Crippen LogP contribution in [0.25, 0.3) is 0 Å². The second-order valence-electron chi connectivity index (χ2n) is 5.34. The lowest BCUT2D eigenvalue weighted by molar-refractivity contribution is -0.154. The first-order valence-electron chi connectivity index (χ1n) is 6.80. The number of carbonyl (C=O) groups excluding carboxylic acids is 1. The molecular weight excluding hydrogens is 277 g/mol. The molecule has 0 radical (unpaired) electrons. The van der Waals surface area contributed by atoms with Crippen molar-refractivity contribution in [2.24, 2.45) is 5.41 Å². The van der Waals surface area contributed by atoms with Crippen molar-refractivity contribution in [3.8, 4) is 0 Å². The average Bonchev–Trinajstić information content (AvgIpc) is 2.45. The number of carboxylic acid groups (broad SMARTS) is 1. The van der Waals surface area contributed by atoms with Gasteiger partial charge in [0, 0.05) is 25.3 Å². The molecule has 0 saturated carbocycles. The van der Waals surface area contributed by atoms with E-state index in [0.29, 0.717) is 37.2 Å². The second-order valence-corrected chi connectivity index (χ2v) is 5.34. The van der Waals surface area contributed by atoms with E-state index in [1.165, 1.54) is 18.2 Å². The van der Waals surface area contributed by atoms with Gasteiger partial charge in [-0.3, -0.25) is 9.59 Å². The number of carbonyl (C=O) groups is 2. The van der Waals surface area contributed by atoms with Crippen molar-refractivity contribution >= 4 is 11.9 Å². The highest BCUT2D eigenvalue weighted by Crippen LogP contribution is 2.30. The van der Waals surface area contributed by atoms with Crippen LogP contribution in [0.15, 0.2) is 18.2 Å². The highest BCUT2D eigenvalue weighted by Gasteiger charge is 2.40. The first-order chi connectivity index (χ1) is 9.94. The lowest BCUT2D eigenvalue weighted by Crippen LogP contribution is -2.46.